The van der Waals surface area contributed by atoms with Crippen LogP contribution in [0.2, 0.25) is 0 Å². The molecule has 112 valence electrons. The van der Waals surface area contributed by atoms with E-state index in [9.17, 15) is 13.6 Å². The zero-order valence-electron chi connectivity index (χ0n) is 11.8. The van der Waals surface area contributed by atoms with E-state index < -0.39 is 29.1 Å². The molecule has 1 aromatic heterocycles. The van der Waals surface area contributed by atoms with E-state index in [0.717, 1.165) is 23.2 Å². The lowest BCUT2D eigenvalue weighted by Gasteiger charge is -2.09. The molecule has 1 amide bonds. The quantitative estimate of drug-likeness (QED) is 0.768. The Morgan fingerprint density at radius 1 is 1.14 bits per heavy atom. The minimum Gasteiger partial charge on any atom is -0.338 e. The summed E-state index contributed by atoms with van der Waals surface area (Å²) in [6.07, 6.45) is 0. The number of para-hydroxylation sites is 2. The highest BCUT2D eigenvalue weighted by atomic mass is 19.1. The van der Waals surface area contributed by atoms with Crippen LogP contribution in [0.25, 0.3) is 11.0 Å². The number of hydrogen-bond donors (Lipinski definition) is 2. The second-order valence-electron chi connectivity index (χ2n) is 5.00. The molecular weight excluding hydrogens is 288 g/mol. The van der Waals surface area contributed by atoms with Gasteiger partial charge in [-0.25, -0.2) is 18.7 Å². The topological polar surface area (TPSA) is 59.0 Å². The van der Waals surface area contributed by atoms with E-state index in [1.165, 1.54) is 6.07 Å². The molecule has 0 fully saturated rings. The lowest BCUT2D eigenvalue weighted by Crippen LogP contribution is -2.31. The Bertz CT molecular complexity index is 791. The molecule has 0 bridgehead atoms. The van der Waals surface area contributed by atoms with E-state index in [-0.39, 0.29) is 0 Å². The van der Waals surface area contributed by atoms with Crippen molar-refractivity contribution in [2.24, 2.45) is 0 Å². The maximum Gasteiger partial charge on any atom is 0.275 e. The Morgan fingerprint density at radius 3 is 2.50 bits per heavy atom. The fraction of sp³-hybridized carbons (Fsp3) is 0.125. The summed E-state index contributed by atoms with van der Waals surface area (Å²) in [5, 5.41) is 2.57. The molecular formula is C16H14F2N3O+. The van der Waals surface area contributed by atoms with Crippen LogP contribution in [-0.2, 0) is 0 Å². The molecule has 2 aromatic carbocycles. The zero-order valence-corrected chi connectivity index (χ0v) is 11.8. The maximum atomic E-state index is 13.6. The van der Waals surface area contributed by atoms with Gasteiger partial charge in [0.1, 0.15) is 23.2 Å². The standard InChI is InChI=1S/C16H13F2N3O/c1-9(15-20-12-7-2-3-8-13(12)21-15)19-16(22)14-10(17)5-4-6-11(14)18/h2-9H,1H3,(H,19,22)(H,20,21)/p+1. The molecule has 1 unspecified atom stereocenters. The number of H-pyrrole nitrogens is 2. The number of aromatic nitrogens is 2. The van der Waals surface area contributed by atoms with E-state index >= 15 is 0 Å². The van der Waals surface area contributed by atoms with Crippen LogP contribution in [0, 0.1) is 11.6 Å². The number of carbonyl (C=O) groups is 1. The molecule has 3 aromatic rings. The number of carbonyl (C=O) groups excluding carboxylic acids is 1. The summed E-state index contributed by atoms with van der Waals surface area (Å²) >= 11 is 0. The van der Waals surface area contributed by atoms with Crippen molar-refractivity contribution < 1.29 is 18.6 Å². The molecule has 3 rings (SSSR count). The highest BCUT2D eigenvalue weighted by Crippen LogP contribution is 2.15. The molecule has 0 aliphatic carbocycles. The van der Waals surface area contributed by atoms with Gasteiger partial charge in [-0.05, 0) is 31.2 Å². The zero-order chi connectivity index (χ0) is 15.7. The van der Waals surface area contributed by atoms with Crippen molar-refractivity contribution in [2.75, 3.05) is 0 Å². The van der Waals surface area contributed by atoms with E-state index in [1.807, 2.05) is 24.3 Å². The fourth-order valence-electron chi connectivity index (χ4n) is 2.29. The van der Waals surface area contributed by atoms with Gasteiger partial charge in [0, 0.05) is 0 Å². The second kappa shape index (κ2) is 5.55. The van der Waals surface area contributed by atoms with Crippen LogP contribution in [0.5, 0.6) is 0 Å². The molecule has 0 saturated heterocycles. The summed E-state index contributed by atoms with van der Waals surface area (Å²) < 4.78 is 27.2. The third kappa shape index (κ3) is 2.55. The van der Waals surface area contributed by atoms with Crippen LogP contribution in [0.15, 0.2) is 42.5 Å². The summed E-state index contributed by atoms with van der Waals surface area (Å²) in [4.78, 5) is 18.3. The van der Waals surface area contributed by atoms with Gasteiger partial charge < -0.3 is 5.32 Å². The number of aromatic amines is 2. The van der Waals surface area contributed by atoms with Gasteiger partial charge in [0.15, 0.2) is 11.0 Å². The molecule has 1 atom stereocenters. The molecule has 1 heterocycles. The van der Waals surface area contributed by atoms with Crippen molar-refractivity contribution in [3.63, 3.8) is 0 Å². The van der Waals surface area contributed by atoms with Gasteiger partial charge in [0.05, 0.1) is 0 Å². The fourth-order valence-corrected chi connectivity index (χ4v) is 2.29. The molecule has 0 aliphatic heterocycles. The van der Waals surface area contributed by atoms with Crippen LogP contribution in [-0.4, -0.2) is 10.9 Å². The molecule has 3 N–H and O–H groups in total. The number of hydrogen-bond acceptors (Lipinski definition) is 1. The van der Waals surface area contributed by atoms with Gasteiger partial charge in [0.25, 0.3) is 11.7 Å². The predicted octanol–water partition coefficient (Wildman–Crippen LogP) is 2.75. The SMILES string of the molecule is CC(NC(=O)c1c(F)cccc1F)c1[nH]c2ccccc2[nH+]1. The first-order chi connectivity index (χ1) is 10.6. The number of fused-ring (bicyclic) bond motifs is 1. The summed E-state index contributed by atoms with van der Waals surface area (Å²) in [6, 6.07) is 10.4. The number of benzene rings is 2. The normalized spacial score (nSPS) is 12.3. The number of amides is 1. The van der Waals surface area contributed by atoms with Gasteiger partial charge in [-0.3, -0.25) is 4.79 Å². The van der Waals surface area contributed by atoms with Crippen LogP contribution in [0.4, 0.5) is 8.78 Å². The lowest BCUT2D eigenvalue weighted by atomic mass is 10.1. The highest BCUT2D eigenvalue weighted by Gasteiger charge is 2.23. The molecule has 4 nitrogen and oxygen atoms in total. The van der Waals surface area contributed by atoms with Gasteiger partial charge in [-0.1, -0.05) is 18.2 Å². The molecule has 0 saturated carbocycles. The summed E-state index contributed by atoms with van der Waals surface area (Å²) in [6.45, 7) is 1.72. The average molecular weight is 302 g/mol. The van der Waals surface area contributed by atoms with Crippen molar-refractivity contribution in [3.8, 4) is 0 Å². The van der Waals surface area contributed by atoms with Crippen LogP contribution in [0.1, 0.15) is 29.1 Å². The molecule has 0 spiro atoms. The lowest BCUT2D eigenvalue weighted by molar-refractivity contribution is -0.361. The monoisotopic (exact) mass is 302 g/mol. The minimum absolute atomic E-state index is 0.459. The Hall–Kier alpha value is -2.76. The predicted molar refractivity (Wildman–Crippen MR) is 77.1 cm³/mol. The molecule has 0 radical (unpaired) electrons. The average Bonchev–Trinajstić information content (AvgIpc) is 2.91. The summed E-state index contributed by atoms with van der Waals surface area (Å²) in [7, 11) is 0. The Kier molecular flexibility index (Phi) is 3.58. The van der Waals surface area contributed by atoms with Crippen molar-refractivity contribution in [1.29, 1.82) is 0 Å². The third-order valence-electron chi connectivity index (χ3n) is 3.44. The Labute approximate surface area is 125 Å². The smallest absolute Gasteiger partial charge is 0.275 e. The summed E-state index contributed by atoms with van der Waals surface area (Å²) in [5.41, 5.74) is 1.19. The van der Waals surface area contributed by atoms with E-state index in [4.69, 9.17) is 0 Å². The van der Waals surface area contributed by atoms with E-state index in [2.05, 4.69) is 15.3 Å². The first-order valence-corrected chi connectivity index (χ1v) is 6.81. The molecule has 22 heavy (non-hydrogen) atoms. The largest absolute Gasteiger partial charge is 0.338 e. The number of nitrogens with one attached hydrogen (secondary N) is 3. The van der Waals surface area contributed by atoms with Gasteiger partial charge in [-0.15, -0.1) is 0 Å². The van der Waals surface area contributed by atoms with Crippen LogP contribution >= 0.6 is 0 Å². The highest BCUT2D eigenvalue weighted by molar-refractivity contribution is 5.94. The van der Waals surface area contributed by atoms with Crippen molar-refractivity contribution in [1.82, 2.24) is 10.3 Å². The summed E-state index contributed by atoms with van der Waals surface area (Å²) in [5.74, 6) is -1.92. The van der Waals surface area contributed by atoms with E-state index in [1.54, 1.807) is 6.92 Å². The Balaban J connectivity index is 1.84. The second-order valence-corrected chi connectivity index (χ2v) is 5.00. The maximum absolute atomic E-state index is 13.6. The van der Waals surface area contributed by atoms with Gasteiger partial charge in [0.2, 0.25) is 0 Å². The van der Waals surface area contributed by atoms with Crippen molar-refractivity contribution >= 4 is 16.9 Å². The van der Waals surface area contributed by atoms with Gasteiger partial charge >= 0.3 is 0 Å². The third-order valence-corrected chi connectivity index (χ3v) is 3.44. The first-order valence-electron chi connectivity index (χ1n) is 6.81. The Morgan fingerprint density at radius 2 is 1.82 bits per heavy atom. The molecule has 6 heteroatoms. The van der Waals surface area contributed by atoms with Gasteiger partial charge in [-0.2, -0.15) is 0 Å². The van der Waals surface area contributed by atoms with Crippen molar-refractivity contribution in [2.45, 2.75) is 13.0 Å². The van der Waals surface area contributed by atoms with E-state index in [0.29, 0.717) is 5.82 Å². The molecule has 0 aliphatic rings. The van der Waals surface area contributed by atoms with Crippen molar-refractivity contribution in [3.05, 3.63) is 65.5 Å². The number of imidazole rings is 1. The van der Waals surface area contributed by atoms with Crippen LogP contribution < -0.4 is 10.3 Å². The van der Waals surface area contributed by atoms with Crippen LogP contribution in [0.3, 0.4) is 0 Å². The number of halogens is 2. The first kappa shape index (κ1) is 14.2. The number of rotatable bonds is 3. The minimum atomic E-state index is -0.884.